The maximum Gasteiger partial charge on any atom is 0.250 e. The molecule has 0 saturated carbocycles. The number of ether oxygens (including phenoxy) is 1. The summed E-state index contributed by atoms with van der Waals surface area (Å²) in [5.74, 6) is 0.797. The zero-order valence-corrected chi connectivity index (χ0v) is 18.1. The van der Waals surface area contributed by atoms with Gasteiger partial charge in [0.2, 0.25) is 0 Å². The molecule has 0 spiro atoms. The monoisotopic (exact) mass is 426 g/mol. The predicted molar refractivity (Wildman–Crippen MR) is 127 cm³/mol. The summed E-state index contributed by atoms with van der Waals surface area (Å²) in [6, 6.07) is 17.3. The largest absolute Gasteiger partial charge is 0.492 e. The number of rotatable bonds is 9. The first kappa shape index (κ1) is 21.5. The zero-order chi connectivity index (χ0) is 22.2. The van der Waals surface area contributed by atoms with Crippen molar-refractivity contribution in [1.82, 2.24) is 19.4 Å². The molecule has 3 heterocycles. The molecule has 0 saturated heterocycles. The lowest BCUT2D eigenvalue weighted by molar-refractivity contribution is 0.217. The second kappa shape index (κ2) is 10.5. The Morgan fingerprint density at radius 1 is 1.03 bits per heavy atom. The first-order valence-electron chi connectivity index (χ1n) is 10.6. The van der Waals surface area contributed by atoms with Crippen LogP contribution in [-0.2, 0) is 13.6 Å². The van der Waals surface area contributed by atoms with E-state index in [0.717, 1.165) is 41.9 Å². The first-order chi connectivity index (χ1) is 15.7. The number of aryl methyl sites for hydroxylation is 1. The molecule has 0 radical (unpaired) electrons. The van der Waals surface area contributed by atoms with E-state index in [1.54, 1.807) is 23.9 Å². The van der Waals surface area contributed by atoms with Gasteiger partial charge in [-0.25, -0.2) is 0 Å². The van der Waals surface area contributed by atoms with Gasteiger partial charge in [-0.05, 0) is 53.6 Å². The van der Waals surface area contributed by atoms with Gasteiger partial charge in [-0.1, -0.05) is 18.2 Å². The molecule has 6 heteroatoms. The molecule has 162 valence electrons. The van der Waals surface area contributed by atoms with Gasteiger partial charge in [0, 0.05) is 62.9 Å². The van der Waals surface area contributed by atoms with Gasteiger partial charge in [0.1, 0.15) is 12.4 Å². The Labute approximate surface area is 187 Å². The van der Waals surface area contributed by atoms with Crippen LogP contribution in [0.1, 0.15) is 11.1 Å². The van der Waals surface area contributed by atoms with Crippen molar-refractivity contribution in [2.24, 2.45) is 7.05 Å². The van der Waals surface area contributed by atoms with E-state index in [2.05, 4.69) is 27.0 Å². The smallest absolute Gasteiger partial charge is 0.250 e. The van der Waals surface area contributed by atoms with E-state index in [9.17, 15) is 4.79 Å². The summed E-state index contributed by atoms with van der Waals surface area (Å²) in [7, 11) is 1.78. The second-order valence-corrected chi connectivity index (χ2v) is 7.58. The first-order valence-corrected chi connectivity index (χ1v) is 10.6. The molecule has 6 nitrogen and oxygen atoms in total. The van der Waals surface area contributed by atoms with Crippen LogP contribution in [0.25, 0.3) is 17.0 Å². The quantitative estimate of drug-likeness (QED) is 0.406. The molecule has 0 unspecified atom stereocenters. The Morgan fingerprint density at radius 2 is 1.91 bits per heavy atom. The van der Waals surface area contributed by atoms with Crippen LogP contribution in [0.3, 0.4) is 0 Å². The molecule has 0 fully saturated rings. The summed E-state index contributed by atoms with van der Waals surface area (Å²) in [6.07, 6.45) is 11.5. The van der Waals surface area contributed by atoms with Gasteiger partial charge in [0.05, 0.1) is 5.52 Å². The van der Waals surface area contributed by atoms with Crippen LogP contribution in [-0.4, -0.2) is 39.1 Å². The van der Waals surface area contributed by atoms with E-state index >= 15 is 0 Å². The van der Waals surface area contributed by atoms with Crippen molar-refractivity contribution in [3.05, 3.63) is 107 Å². The van der Waals surface area contributed by atoms with Crippen molar-refractivity contribution < 1.29 is 4.74 Å². The molecule has 4 aromatic rings. The topological polar surface area (TPSA) is 60.2 Å². The van der Waals surface area contributed by atoms with Crippen LogP contribution in [0.4, 0.5) is 0 Å². The van der Waals surface area contributed by atoms with Crippen LogP contribution < -0.4 is 10.3 Å². The fourth-order valence-corrected chi connectivity index (χ4v) is 3.54. The minimum Gasteiger partial charge on any atom is -0.492 e. The highest BCUT2D eigenvalue weighted by Crippen LogP contribution is 2.19. The predicted octanol–water partition coefficient (Wildman–Crippen LogP) is 3.92. The van der Waals surface area contributed by atoms with Crippen molar-refractivity contribution in [2.45, 2.75) is 6.54 Å². The van der Waals surface area contributed by atoms with Crippen LogP contribution >= 0.6 is 0 Å². The average Bonchev–Trinajstić information content (AvgIpc) is 2.83. The van der Waals surface area contributed by atoms with Crippen molar-refractivity contribution in [2.75, 3.05) is 19.7 Å². The molecular weight excluding hydrogens is 400 g/mol. The molecule has 0 atom stereocenters. The Morgan fingerprint density at radius 3 is 2.72 bits per heavy atom. The van der Waals surface area contributed by atoms with Crippen LogP contribution in [0.15, 0.2) is 90.3 Å². The Bertz CT molecular complexity index is 1240. The minimum absolute atomic E-state index is 0.0164. The lowest BCUT2D eigenvalue weighted by atomic mass is 10.2. The number of nitrogens with zero attached hydrogens (tertiary/aromatic N) is 4. The van der Waals surface area contributed by atoms with Crippen LogP contribution in [0.5, 0.6) is 5.75 Å². The fourth-order valence-electron chi connectivity index (χ4n) is 3.54. The highest BCUT2D eigenvalue weighted by Gasteiger charge is 2.06. The molecule has 0 N–H and O–H groups in total. The lowest BCUT2D eigenvalue weighted by Crippen LogP contribution is -2.28. The number of pyridine rings is 3. The van der Waals surface area contributed by atoms with E-state index in [-0.39, 0.29) is 5.56 Å². The number of benzene rings is 1. The van der Waals surface area contributed by atoms with Gasteiger partial charge in [-0.2, -0.15) is 0 Å². The molecule has 0 aliphatic heterocycles. The van der Waals surface area contributed by atoms with Gasteiger partial charge in [0.15, 0.2) is 0 Å². The molecule has 3 aromatic heterocycles. The van der Waals surface area contributed by atoms with Crippen molar-refractivity contribution >= 4 is 17.0 Å². The number of hydrogen-bond donors (Lipinski definition) is 0. The average molecular weight is 427 g/mol. The summed E-state index contributed by atoms with van der Waals surface area (Å²) in [5.41, 5.74) is 3.17. The van der Waals surface area contributed by atoms with Crippen molar-refractivity contribution in [1.29, 1.82) is 0 Å². The van der Waals surface area contributed by atoms with Gasteiger partial charge in [0.25, 0.3) is 5.56 Å². The maximum absolute atomic E-state index is 11.8. The van der Waals surface area contributed by atoms with Crippen LogP contribution in [0.2, 0.25) is 0 Å². The van der Waals surface area contributed by atoms with E-state index in [0.29, 0.717) is 6.61 Å². The Kier molecular flexibility index (Phi) is 7.05. The summed E-state index contributed by atoms with van der Waals surface area (Å²) in [4.78, 5) is 22.4. The molecule has 0 amide bonds. The molecular formula is C26H26N4O2. The molecule has 0 aliphatic rings. The van der Waals surface area contributed by atoms with Crippen LogP contribution in [0, 0.1) is 0 Å². The zero-order valence-electron chi connectivity index (χ0n) is 18.1. The van der Waals surface area contributed by atoms with Crippen molar-refractivity contribution in [3.8, 4) is 5.75 Å². The van der Waals surface area contributed by atoms with Gasteiger partial charge < -0.3 is 9.30 Å². The standard InChI is InChI=1S/C26H26N4O2/c1-29-25-8-7-24(18-23(25)6-9-26(29)31)32-17-16-30(20-22-10-13-27-14-11-22)15-3-5-21-4-2-12-28-19-21/h2-14,18-19H,15-17,20H2,1H3. The van der Waals surface area contributed by atoms with Crippen molar-refractivity contribution in [3.63, 3.8) is 0 Å². The molecule has 0 bridgehead atoms. The lowest BCUT2D eigenvalue weighted by Gasteiger charge is -2.21. The van der Waals surface area contributed by atoms with E-state index in [1.165, 1.54) is 5.56 Å². The highest BCUT2D eigenvalue weighted by atomic mass is 16.5. The summed E-state index contributed by atoms with van der Waals surface area (Å²) < 4.78 is 7.68. The Balaban J connectivity index is 1.40. The summed E-state index contributed by atoms with van der Waals surface area (Å²) >= 11 is 0. The van der Waals surface area contributed by atoms with E-state index < -0.39 is 0 Å². The summed E-state index contributed by atoms with van der Waals surface area (Å²) in [6.45, 7) is 2.93. The summed E-state index contributed by atoms with van der Waals surface area (Å²) in [5, 5.41) is 0.984. The number of hydrogen-bond acceptors (Lipinski definition) is 5. The third-order valence-electron chi connectivity index (χ3n) is 5.29. The molecule has 32 heavy (non-hydrogen) atoms. The van der Waals surface area contributed by atoms with Gasteiger partial charge in [-0.3, -0.25) is 19.7 Å². The molecule has 4 rings (SSSR count). The molecule has 0 aliphatic carbocycles. The fraction of sp³-hybridized carbons (Fsp3) is 0.192. The molecule has 1 aromatic carbocycles. The Hall–Kier alpha value is -3.77. The number of fused-ring (bicyclic) bond motifs is 1. The third-order valence-corrected chi connectivity index (χ3v) is 5.29. The normalized spacial score (nSPS) is 11.4. The SMILES string of the molecule is Cn1c(=O)ccc2cc(OCCN(CC=Cc3cccnc3)Cc3ccncc3)ccc21. The van der Waals surface area contributed by atoms with E-state index in [4.69, 9.17) is 4.74 Å². The second-order valence-electron chi connectivity index (χ2n) is 7.58. The minimum atomic E-state index is -0.0164. The maximum atomic E-state index is 11.8. The third kappa shape index (κ3) is 5.68. The number of aromatic nitrogens is 3. The van der Waals surface area contributed by atoms with Gasteiger partial charge in [-0.15, -0.1) is 0 Å². The van der Waals surface area contributed by atoms with Gasteiger partial charge >= 0.3 is 0 Å². The van der Waals surface area contributed by atoms with E-state index in [1.807, 2.05) is 67.1 Å². The highest BCUT2D eigenvalue weighted by molar-refractivity contribution is 5.80.